The molecule has 1 aromatic carbocycles. The van der Waals surface area contributed by atoms with E-state index >= 15 is 0 Å². The average Bonchev–Trinajstić information content (AvgIpc) is 2.12. The van der Waals surface area contributed by atoms with Crippen molar-refractivity contribution in [3.05, 3.63) is 28.8 Å². The smallest absolute Gasteiger partial charge is 0.124 e. The summed E-state index contributed by atoms with van der Waals surface area (Å²) < 4.78 is 0. The maximum Gasteiger partial charge on any atom is 0.124 e. The van der Waals surface area contributed by atoms with Crippen LogP contribution in [0.5, 0.6) is 5.75 Å². The summed E-state index contributed by atoms with van der Waals surface area (Å²) in [6, 6.07) is 4.81. The third-order valence-electron chi connectivity index (χ3n) is 2.09. The summed E-state index contributed by atoms with van der Waals surface area (Å²) in [5.74, 6) is 0.133. The molecule has 0 radical (unpaired) electrons. The van der Waals surface area contributed by atoms with E-state index in [9.17, 15) is 5.11 Å². The zero-order valence-electron chi connectivity index (χ0n) is 7.70. The Morgan fingerprint density at radius 2 is 1.92 bits per heavy atom. The number of nitrogens with zero attached hydrogens (tertiary/aromatic N) is 1. The molecule has 0 amide bonds. The summed E-state index contributed by atoms with van der Waals surface area (Å²) in [6.45, 7) is 3.61. The van der Waals surface area contributed by atoms with Crippen LogP contribution in [0.4, 0.5) is 0 Å². The van der Waals surface area contributed by atoms with Gasteiger partial charge in [-0.3, -0.25) is 0 Å². The van der Waals surface area contributed by atoms with Gasteiger partial charge in [-0.15, -0.1) is 0 Å². The Labute approximate surface area is 77.4 Å². The molecule has 3 nitrogen and oxygen atoms in total. The minimum Gasteiger partial charge on any atom is -0.507 e. The van der Waals surface area contributed by atoms with Crippen molar-refractivity contribution in [2.45, 2.75) is 19.9 Å². The van der Waals surface area contributed by atoms with Crippen LogP contribution in [-0.4, -0.2) is 5.11 Å². The van der Waals surface area contributed by atoms with E-state index in [4.69, 9.17) is 11.0 Å². The van der Waals surface area contributed by atoms with Crippen molar-refractivity contribution in [1.82, 2.24) is 0 Å². The van der Waals surface area contributed by atoms with Gasteiger partial charge in [-0.05, 0) is 25.0 Å². The largest absolute Gasteiger partial charge is 0.507 e. The maximum atomic E-state index is 9.65. The molecule has 1 rings (SSSR count). The van der Waals surface area contributed by atoms with Gasteiger partial charge in [0.1, 0.15) is 11.8 Å². The van der Waals surface area contributed by atoms with Gasteiger partial charge >= 0.3 is 0 Å². The van der Waals surface area contributed by atoms with E-state index in [1.54, 1.807) is 13.0 Å². The molecule has 0 aliphatic heterocycles. The highest BCUT2D eigenvalue weighted by molar-refractivity contribution is 5.47. The summed E-state index contributed by atoms with van der Waals surface area (Å²) in [6.07, 6.45) is 0. The molecule has 0 unspecified atom stereocenters. The van der Waals surface area contributed by atoms with Crippen LogP contribution in [0.25, 0.3) is 0 Å². The van der Waals surface area contributed by atoms with Crippen LogP contribution < -0.4 is 5.73 Å². The highest BCUT2D eigenvalue weighted by Crippen LogP contribution is 2.29. The van der Waals surface area contributed by atoms with Crippen molar-refractivity contribution in [2.24, 2.45) is 5.73 Å². The van der Waals surface area contributed by atoms with E-state index in [0.717, 1.165) is 11.1 Å². The quantitative estimate of drug-likeness (QED) is 0.681. The summed E-state index contributed by atoms with van der Waals surface area (Å²) >= 11 is 0. The van der Waals surface area contributed by atoms with Gasteiger partial charge in [0.15, 0.2) is 0 Å². The topological polar surface area (TPSA) is 70.0 Å². The predicted molar refractivity (Wildman–Crippen MR) is 50.1 cm³/mol. The van der Waals surface area contributed by atoms with E-state index in [1.165, 1.54) is 0 Å². The fourth-order valence-electron chi connectivity index (χ4n) is 1.28. The average molecular weight is 176 g/mol. The molecular weight excluding hydrogens is 164 g/mol. The van der Waals surface area contributed by atoms with Crippen molar-refractivity contribution in [2.75, 3.05) is 0 Å². The number of phenolic OH excluding ortho intramolecular Hbond substituents is 1. The number of rotatable bonds is 1. The summed E-state index contributed by atoms with van der Waals surface area (Å²) in [5, 5.41) is 18.3. The Morgan fingerprint density at radius 1 is 1.38 bits per heavy atom. The van der Waals surface area contributed by atoms with Gasteiger partial charge < -0.3 is 10.8 Å². The number of aromatic hydroxyl groups is 1. The molecular formula is C10H12N2O. The molecule has 13 heavy (non-hydrogen) atoms. The Bertz CT molecular complexity index is 366. The molecule has 68 valence electrons. The lowest BCUT2D eigenvalue weighted by Gasteiger charge is -2.11. The first kappa shape index (κ1) is 9.56. The first-order chi connectivity index (χ1) is 6.07. The van der Waals surface area contributed by atoms with E-state index in [1.807, 2.05) is 19.1 Å². The zero-order valence-corrected chi connectivity index (χ0v) is 7.70. The number of nitriles is 1. The van der Waals surface area contributed by atoms with E-state index in [-0.39, 0.29) is 5.75 Å². The van der Waals surface area contributed by atoms with Crippen LogP contribution in [0.1, 0.15) is 22.7 Å². The van der Waals surface area contributed by atoms with Gasteiger partial charge in [-0.25, -0.2) is 0 Å². The Balaban J connectivity index is 3.35. The maximum absolute atomic E-state index is 9.65. The second-order valence-electron chi connectivity index (χ2n) is 3.07. The fourth-order valence-corrected chi connectivity index (χ4v) is 1.28. The van der Waals surface area contributed by atoms with Crippen LogP contribution >= 0.6 is 0 Å². The van der Waals surface area contributed by atoms with Gasteiger partial charge in [0, 0.05) is 5.56 Å². The van der Waals surface area contributed by atoms with E-state index in [2.05, 4.69) is 0 Å². The van der Waals surface area contributed by atoms with Crippen molar-refractivity contribution >= 4 is 0 Å². The molecule has 0 heterocycles. The number of nitrogens with two attached hydrogens (primary N) is 1. The fraction of sp³-hybridized carbons (Fsp3) is 0.300. The number of aryl methyl sites for hydroxylation is 2. The highest BCUT2D eigenvalue weighted by Gasteiger charge is 2.14. The number of hydrogen-bond donors (Lipinski definition) is 2. The normalized spacial score (nSPS) is 12.2. The van der Waals surface area contributed by atoms with Crippen molar-refractivity contribution in [3.63, 3.8) is 0 Å². The van der Waals surface area contributed by atoms with Gasteiger partial charge in [0.2, 0.25) is 0 Å². The van der Waals surface area contributed by atoms with Gasteiger partial charge in [-0.1, -0.05) is 12.1 Å². The Kier molecular flexibility index (Phi) is 2.54. The molecule has 0 bridgehead atoms. The molecule has 0 aliphatic carbocycles. The van der Waals surface area contributed by atoms with Crippen LogP contribution in [0.15, 0.2) is 12.1 Å². The predicted octanol–water partition coefficient (Wildman–Crippen LogP) is 1.53. The molecule has 0 saturated heterocycles. The molecule has 0 fully saturated rings. The lowest BCUT2D eigenvalue weighted by Crippen LogP contribution is -2.09. The first-order valence-corrected chi connectivity index (χ1v) is 4.02. The summed E-state index contributed by atoms with van der Waals surface area (Å²) in [7, 11) is 0. The molecule has 1 atom stereocenters. The molecule has 3 N–H and O–H groups in total. The summed E-state index contributed by atoms with van der Waals surface area (Å²) in [4.78, 5) is 0. The number of hydrogen-bond acceptors (Lipinski definition) is 3. The minimum atomic E-state index is -0.750. The first-order valence-electron chi connectivity index (χ1n) is 4.02. The molecule has 3 heteroatoms. The number of phenols is 1. The van der Waals surface area contributed by atoms with Crippen LogP contribution in [-0.2, 0) is 0 Å². The summed E-state index contributed by atoms with van der Waals surface area (Å²) in [5.41, 5.74) is 7.66. The monoisotopic (exact) mass is 176 g/mol. The van der Waals surface area contributed by atoms with Crippen LogP contribution in [0.2, 0.25) is 0 Å². The van der Waals surface area contributed by atoms with E-state index < -0.39 is 6.04 Å². The van der Waals surface area contributed by atoms with Crippen LogP contribution in [0.3, 0.4) is 0 Å². The van der Waals surface area contributed by atoms with Crippen molar-refractivity contribution < 1.29 is 5.11 Å². The zero-order chi connectivity index (χ0) is 10.0. The van der Waals surface area contributed by atoms with E-state index in [0.29, 0.717) is 5.56 Å². The second kappa shape index (κ2) is 3.46. The lowest BCUT2D eigenvalue weighted by atomic mass is 9.99. The van der Waals surface area contributed by atoms with Crippen molar-refractivity contribution in [3.8, 4) is 11.8 Å². The van der Waals surface area contributed by atoms with Gasteiger partial charge in [0.25, 0.3) is 0 Å². The van der Waals surface area contributed by atoms with Gasteiger partial charge in [-0.2, -0.15) is 5.26 Å². The molecule has 0 spiro atoms. The third kappa shape index (κ3) is 1.63. The minimum absolute atomic E-state index is 0.133. The molecule has 0 aliphatic rings. The van der Waals surface area contributed by atoms with Gasteiger partial charge in [0.05, 0.1) is 6.07 Å². The Hall–Kier alpha value is -1.53. The lowest BCUT2D eigenvalue weighted by molar-refractivity contribution is 0.461. The SMILES string of the molecule is Cc1ccc(C)c([C@@H](N)C#N)c1O. The third-order valence-corrected chi connectivity index (χ3v) is 2.09. The Morgan fingerprint density at radius 3 is 2.46 bits per heavy atom. The second-order valence-corrected chi connectivity index (χ2v) is 3.07. The standard InChI is InChI=1S/C10H12N2O/c1-6-3-4-7(2)10(13)9(6)8(12)5-11/h3-4,8,13H,12H2,1-2H3/t8-/m0/s1. The molecule has 0 aromatic heterocycles. The molecule has 0 saturated carbocycles. The van der Waals surface area contributed by atoms with Crippen LogP contribution in [0, 0.1) is 25.2 Å². The highest BCUT2D eigenvalue weighted by atomic mass is 16.3. The van der Waals surface area contributed by atoms with Crippen molar-refractivity contribution in [1.29, 1.82) is 5.26 Å². The number of benzene rings is 1. The molecule has 1 aromatic rings.